The molecule has 112 valence electrons. The largest absolute Gasteiger partial charge is 0.455 e. The van der Waals surface area contributed by atoms with Gasteiger partial charge in [-0.25, -0.2) is 0 Å². The maximum atomic E-state index is 11.3. The number of esters is 1. The van der Waals surface area contributed by atoms with Gasteiger partial charge in [0, 0.05) is 6.92 Å². The fourth-order valence-electron chi connectivity index (χ4n) is 2.97. The fourth-order valence-corrected chi connectivity index (χ4v) is 2.97. The van der Waals surface area contributed by atoms with E-state index in [1.807, 2.05) is 19.9 Å². The Morgan fingerprint density at radius 1 is 0.955 bits per heavy atom. The summed E-state index contributed by atoms with van der Waals surface area (Å²) in [6.07, 6.45) is 0. The van der Waals surface area contributed by atoms with E-state index in [1.54, 1.807) is 0 Å². The van der Waals surface area contributed by atoms with Crippen LogP contribution < -0.4 is 0 Å². The van der Waals surface area contributed by atoms with Crippen LogP contribution in [0.4, 0.5) is 0 Å². The van der Waals surface area contributed by atoms with Crippen LogP contribution in [0.25, 0.3) is 21.5 Å². The average molecular weight is 292 g/mol. The Hall–Kier alpha value is -2.35. The van der Waals surface area contributed by atoms with Crippen LogP contribution >= 0.6 is 0 Å². The smallest absolute Gasteiger partial charge is 0.303 e. The van der Waals surface area contributed by atoms with Crippen LogP contribution in [-0.4, -0.2) is 5.97 Å². The minimum absolute atomic E-state index is 0.264. The highest BCUT2D eigenvalue weighted by atomic mass is 16.6. The van der Waals surface area contributed by atoms with Gasteiger partial charge in [-0.1, -0.05) is 30.3 Å². The second kappa shape index (κ2) is 5.13. The predicted octanol–water partition coefficient (Wildman–Crippen LogP) is 5.10. The van der Waals surface area contributed by atoms with Gasteiger partial charge in [0.15, 0.2) is 0 Å². The van der Waals surface area contributed by atoms with Gasteiger partial charge < -0.3 is 4.74 Å². The van der Waals surface area contributed by atoms with Crippen molar-refractivity contribution < 1.29 is 9.53 Å². The zero-order chi connectivity index (χ0) is 15.9. The van der Waals surface area contributed by atoms with Gasteiger partial charge >= 0.3 is 5.97 Å². The molecule has 0 aliphatic heterocycles. The highest BCUT2D eigenvalue weighted by Crippen LogP contribution is 2.31. The first kappa shape index (κ1) is 14.6. The van der Waals surface area contributed by atoms with Crippen LogP contribution in [0.1, 0.15) is 31.9 Å². The van der Waals surface area contributed by atoms with Gasteiger partial charge in [0.2, 0.25) is 0 Å². The molecule has 0 spiro atoms. The summed E-state index contributed by atoms with van der Waals surface area (Å²) in [4.78, 5) is 11.3. The normalized spacial score (nSPS) is 11.8. The van der Waals surface area contributed by atoms with Gasteiger partial charge in [-0.05, 0) is 71.6 Å². The molecule has 0 N–H and O–H groups in total. The third-order valence-corrected chi connectivity index (χ3v) is 4.15. The van der Waals surface area contributed by atoms with Crippen LogP contribution in [0.5, 0.6) is 0 Å². The molecular weight excluding hydrogens is 272 g/mol. The maximum Gasteiger partial charge on any atom is 0.303 e. The minimum Gasteiger partial charge on any atom is -0.455 e. The van der Waals surface area contributed by atoms with E-state index in [-0.39, 0.29) is 5.97 Å². The quantitative estimate of drug-likeness (QED) is 0.485. The van der Waals surface area contributed by atoms with E-state index in [9.17, 15) is 4.79 Å². The summed E-state index contributed by atoms with van der Waals surface area (Å²) >= 11 is 0. The highest BCUT2D eigenvalue weighted by molar-refractivity contribution is 5.99. The summed E-state index contributed by atoms with van der Waals surface area (Å²) in [5.41, 5.74) is 1.65. The lowest BCUT2D eigenvalue weighted by Gasteiger charge is -2.25. The molecule has 0 amide bonds. The number of rotatable bonds is 2. The Bertz CT molecular complexity index is 875. The Kier molecular flexibility index (Phi) is 3.40. The molecule has 0 saturated heterocycles. The maximum absolute atomic E-state index is 11.3. The van der Waals surface area contributed by atoms with E-state index < -0.39 is 5.60 Å². The first-order valence-electron chi connectivity index (χ1n) is 7.50. The van der Waals surface area contributed by atoms with Gasteiger partial charge in [-0.3, -0.25) is 4.79 Å². The topological polar surface area (TPSA) is 26.3 Å². The zero-order valence-electron chi connectivity index (χ0n) is 13.4. The molecule has 0 radical (unpaired) electrons. The third kappa shape index (κ3) is 2.57. The van der Waals surface area contributed by atoms with Crippen molar-refractivity contribution in [2.75, 3.05) is 0 Å². The van der Waals surface area contributed by atoms with Gasteiger partial charge in [0.1, 0.15) is 5.60 Å². The lowest BCUT2D eigenvalue weighted by Crippen LogP contribution is -2.24. The van der Waals surface area contributed by atoms with Gasteiger partial charge in [-0.2, -0.15) is 0 Å². The van der Waals surface area contributed by atoms with Crippen LogP contribution in [0.15, 0.2) is 48.5 Å². The third-order valence-electron chi connectivity index (χ3n) is 4.15. The molecule has 2 nitrogen and oxygen atoms in total. The minimum atomic E-state index is -0.624. The monoisotopic (exact) mass is 292 g/mol. The number of carbonyl (C=O) groups excluding carboxylic acids is 1. The lowest BCUT2D eigenvalue weighted by atomic mass is 9.93. The number of aryl methyl sites for hydroxylation is 1. The van der Waals surface area contributed by atoms with Crippen molar-refractivity contribution in [1.82, 2.24) is 0 Å². The van der Waals surface area contributed by atoms with E-state index >= 15 is 0 Å². The molecule has 22 heavy (non-hydrogen) atoms. The Labute approximate surface area is 130 Å². The van der Waals surface area contributed by atoms with Crippen molar-refractivity contribution in [1.29, 1.82) is 0 Å². The molecule has 0 aliphatic carbocycles. The van der Waals surface area contributed by atoms with Crippen molar-refractivity contribution in [3.63, 3.8) is 0 Å². The SMILES string of the molecule is CC(=O)OC(C)(C)c1ccc2cc3cccc(C)c3cc2c1. The number of hydrogen-bond donors (Lipinski definition) is 0. The molecule has 0 heterocycles. The molecule has 0 bridgehead atoms. The Morgan fingerprint density at radius 3 is 2.45 bits per heavy atom. The molecule has 0 unspecified atom stereocenters. The number of hydrogen-bond acceptors (Lipinski definition) is 2. The number of ether oxygens (including phenoxy) is 1. The van der Waals surface area contributed by atoms with E-state index in [0.717, 1.165) is 5.56 Å². The first-order valence-corrected chi connectivity index (χ1v) is 7.50. The van der Waals surface area contributed by atoms with Crippen LogP contribution in [0.3, 0.4) is 0 Å². The van der Waals surface area contributed by atoms with E-state index in [2.05, 4.69) is 49.4 Å². The predicted molar refractivity (Wildman–Crippen MR) is 91.0 cm³/mol. The number of fused-ring (bicyclic) bond motifs is 2. The molecule has 3 aromatic rings. The molecule has 0 atom stereocenters. The Balaban J connectivity index is 2.19. The summed E-state index contributed by atoms with van der Waals surface area (Å²) in [7, 11) is 0. The van der Waals surface area contributed by atoms with Crippen molar-refractivity contribution in [2.24, 2.45) is 0 Å². The van der Waals surface area contributed by atoms with Gasteiger partial charge in [-0.15, -0.1) is 0 Å². The first-order chi connectivity index (χ1) is 10.4. The van der Waals surface area contributed by atoms with Gasteiger partial charge in [0.05, 0.1) is 0 Å². The molecule has 3 aromatic carbocycles. The molecule has 0 aromatic heterocycles. The van der Waals surface area contributed by atoms with E-state index in [4.69, 9.17) is 4.74 Å². The van der Waals surface area contributed by atoms with Gasteiger partial charge in [0.25, 0.3) is 0 Å². The van der Waals surface area contributed by atoms with Crippen molar-refractivity contribution >= 4 is 27.5 Å². The molecule has 0 fully saturated rings. The van der Waals surface area contributed by atoms with Crippen molar-refractivity contribution in [3.8, 4) is 0 Å². The molecule has 3 rings (SSSR count). The van der Waals surface area contributed by atoms with Crippen LogP contribution in [0.2, 0.25) is 0 Å². The summed E-state index contributed by atoms with van der Waals surface area (Å²) in [5.74, 6) is -0.264. The molecule has 0 aliphatic rings. The fraction of sp³-hybridized carbons (Fsp3) is 0.250. The second-order valence-corrected chi connectivity index (χ2v) is 6.31. The van der Waals surface area contributed by atoms with Crippen molar-refractivity contribution in [3.05, 3.63) is 59.7 Å². The summed E-state index contributed by atoms with van der Waals surface area (Å²) in [5, 5.41) is 4.87. The average Bonchev–Trinajstić information content (AvgIpc) is 2.44. The standard InChI is InChI=1S/C20H20O2/c1-13-6-5-7-16-10-15-8-9-18(11-17(15)12-19(13)16)20(3,4)22-14(2)21/h5-12H,1-4H3. The number of benzene rings is 3. The zero-order valence-corrected chi connectivity index (χ0v) is 13.4. The van der Waals surface area contributed by atoms with E-state index in [1.165, 1.54) is 34.0 Å². The highest BCUT2D eigenvalue weighted by Gasteiger charge is 2.24. The second-order valence-electron chi connectivity index (χ2n) is 6.31. The summed E-state index contributed by atoms with van der Waals surface area (Å²) in [6, 6.07) is 17.0. The molecular formula is C20H20O2. The van der Waals surface area contributed by atoms with E-state index in [0.29, 0.717) is 0 Å². The van der Waals surface area contributed by atoms with Crippen LogP contribution in [0, 0.1) is 6.92 Å². The number of carbonyl (C=O) groups is 1. The van der Waals surface area contributed by atoms with Crippen LogP contribution in [-0.2, 0) is 15.1 Å². The summed E-state index contributed by atoms with van der Waals surface area (Å²) in [6.45, 7) is 7.41. The van der Waals surface area contributed by atoms with Crippen molar-refractivity contribution in [2.45, 2.75) is 33.3 Å². The molecule has 0 saturated carbocycles. The Morgan fingerprint density at radius 2 is 1.73 bits per heavy atom. The molecule has 2 heteroatoms. The lowest BCUT2D eigenvalue weighted by molar-refractivity contribution is -0.154. The summed E-state index contributed by atoms with van der Waals surface area (Å²) < 4.78 is 5.44.